The van der Waals surface area contributed by atoms with Gasteiger partial charge in [-0.15, -0.1) is 0 Å². The lowest BCUT2D eigenvalue weighted by atomic mass is 9.79. The predicted molar refractivity (Wildman–Crippen MR) is 146 cm³/mol. The Morgan fingerprint density at radius 2 is 1.80 bits per heavy atom. The van der Waals surface area contributed by atoms with E-state index >= 15 is 0 Å². The Bertz CT molecular complexity index is 1030. The number of hydrogen-bond acceptors (Lipinski definition) is 4. The number of carboxylic acids is 1. The first kappa shape index (κ1) is 26.4. The van der Waals surface area contributed by atoms with E-state index in [1.54, 1.807) is 6.07 Å². The molecule has 1 unspecified atom stereocenters. The molecule has 2 aromatic rings. The fourth-order valence-corrected chi connectivity index (χ4v) is 6.29. The number of piperidine rings is 2. The lowest BCUT2D eigenvalue weighted by molar-refractivity contribution is -0.137. The Morgan fingerprint density at radius 3 is 2.51 bits per heavy atom. The van der Waals surface area contributed by atoms with Gasteiger partial charge in [-0.2, -0.15) is 0 Å². The number of carbonyl (C=O) groups is 1. The second kappa shape index (κ2) is 12.1. The number of aliphatic carboxylic acids is 1. The number of hydrogen-bond donors (Lipinski definition) is 2. The van der Waals surface area contributed by atoms with Gasteiger partial charge in [-0.25, -0.2) is 0 Å². The van der Waals surface area contributed by atoms with E-state index in [-0.39, 0.29) is 12.5 Å². The maximum atomic E-state index is 10.9. The van der Waals surface area contributed by atoms with Crippen LogP contribution < -0.4 is 10.2 Å². The highest BCUT2D eigenvalue weighted by Gasteiger charge is 2.30. The van der Waals surface area contributed by atoms with Gasteiger partial charge in [0, 0.05) is 41.9 Å². The van der Waals surface area contributed by atoms with Gasteiger partial charge >= 0.3 is 5.97 Å². The van der Waals surface area contributed by atoms with Crippen LogP contribution >= 0.6 is 34.8 Å². The first-order valence-corrected chi connectivity index (χ1v) is 13.6. The predicted octanol–water partition coefficient (Wildman–Crippen LogP) is 7.22. The van der Waals surface area contributed by atoms with Crippen LogP contribution in [0, 0.1) is 11.8 Å². The largest absolute Gasteiger partial charge is 0.481 e. The van der Waals surface area contributed by atoms with Gasteiger partial charge in [0.1, 0.15) is 0 Å². The van der Waals surface area contributed by atoms with E-state index in [0.29, 0.717) is 33.4 Å². The molecule has 0 radical (unpaired) electrons. The first-order valence-electron chi connectivity index (χ1n) is 12.5. The quantitative estimate of drug-likeness (QED) is 0.371. The van der Waals surface area contributed by atoms with E-state index in [4.69, 9.17) is 39.9 Å². The number of nitrogens with zero attached hydrogens (tertiary/aromatic N) is 2. The molecule has 2 aliphatic rings. The number of carboxylic acid groups (broad SMARTS) is 1. The molecule has 5 nitrogen and oxygen atoms in total. The number of nitrogens with one attached hydrogen (secondary N) is 1. The zero-order chi connectivity index (χ0) is 24.9. The summed E-state index contributed by atoms with van der Waals surface area (Å²) in [6.07, 6.45) is 5.00. The lowest BCUT2D eigenvalue weighted by Crippen LogP contribution is -2.43. The Labute approximate surface area is 223 Å². The summed E-state index contributed by atoms with van der Waals surface area (Å²) in [6, 6.07) is 11.7. The van der Waals surface area contributed by atoms with Gasteiger partial charge in [0.2, 0.25) is 0 Å². The minimum absolute atomic E-state index is 0.0198. The molecule has 0 saturated carbocycles. The third-order valence-electron chi connectivity index (χ3n) is 7.51. The number of halogens is 3. The summed E-state index contributed by atoms with van der Waals surface area (Å²) in [5.74, 6) is 0.672. The summed E-state index contributed by atoms with van der Waals surface area (Å²) >= 11 is 19.0. The SMILES string of the molecule is C[C@@H](Nc1cc(N2CCC(C3CCCN(CCC(=O)O)C3)CC2)ccc1Cl)c1ccc(Cl)cc1Cl. The van der Waals surface area contributed by atoms with Gasteiger partial charge in [-0.05, 0) is 86.9 Å². The minimum atomic E-state index is -0.706. The van der Waals surface area contributed by atoms with Crippen LogP contribution in [-0.4, -0.2) is 48.7 Å². The summed E-state index contributed by atoms with van der Waals surface area (Å²) in [7, 11) is 0. The van der Waals surface area contributed by atoms with Crippen LogP contribution in [0.2, 0.25) is 15.1 Å². The molecular formula is C27H34Cl3N3O2. The molecule has 35 heavy (non-hydrogen) atoms. The fourth-order valence-electron chi connectivity index (χ4n) is 5.55. The van der Waals surface area contributed by atoms with Gasteiger partial charge in [0.15, 0.2) is 0 Å². The van der Waals surface area contributed by atoms with Gasteiger partial charge in [-0.1, -0.05) is 40.9 Å². The molecule has 2 saturated heterocycles. The molecule has 190 valence electrons. The summed E-state index contributed by atoms with van der Waals surface area (Å²) in [4.78, 5) is 15.7. The molecular weight excluding hydrogens is 505 g/mol. The van der Waals surface area contributed by atoms with E-state index in [0.717, 1.165) is 37.4 Å². The summed E-state index contributed by atoms with van der Waals surface area (Å²) < 4.78 is 0. The summed E-state index contributed by atoms with van der Waals surface area (Å²) in [5.41, 5.74) is 3.05. The van der Waals surface area contributed by atoms with Crippen molar-refractivity contribution in [3.63, 3.8) is 0 Å². The van der Waals surface area contributed by atoms with Crippen molar-refractivity contribution in [3.05, 3.63) is 57.0 Å². The second-order valence-corrected chi connectivity index (χ2v) is 11.1. The van der Waals surface area contributed by atoms with Crippen molar-refractivity contribution in [2.75, 3.05) is 42.9 Å². The average Bonchev–Trinajstić information content (AvgIpc) is 2.84. The molecule has 2 heterocycles. The number of rotatable bonds is 8. The average molecular weight is 539 g/mol. The van der Waals surface area contributed by atoms with Gasteiger partial charge in [0.25, 0.3) is 0 Å². The Kier molecular flexibility index (Phi) is 9.09. The van der Waals surface area contributed by atoms with Crippen molar-refractivity contribution in [3.8, 4) is 0 Å². The molecule has 0 spiro atoms. The fraction of sp³-hybridized carbons (Fsp3) is 0.519. The smallest absolute Gasteiger partial charge is 0.304 e. The summed E-state index contributed by atoms with van der Waals surface area (Å²) in [6.45, 7) is 6.85. The minimum Gasteiger partial charge on any atom is -0.481 e. The van der Waals surface area contributed by atoms with Gasteiger partial charge < -0.3 is 20.2 Å². The highest BCUT2D eigenvalue weighted by molar-refractivity contribution is 6.35. The van der Waals surface area contributed by atoms with Crippen LogP contribution in [0.4, 0.5) is 11.4 Å². The molecule has 8 heteroatoms. The van der Waals surface area contributed by atoms with Crippen molar-refractivity contribution in [1.82, 2.24) is 4.90 Å². The third kappa shape index (κ3) is 6.97. The van der Waals surface area contributed by atoms with Crippen molar-refractivity contribution in [1.29, 1.82) is 0 Å². The Hall–Kier alpha value is -1.66. The first-order chi connectivity index (χ1) is 16.8. The van der Waals surface area contributed by atoms with Crippen molar-refractivity contribution >= 4 is 52.1 Å². The lowest BCUT2D eigenvalue weighted by Gasteiger charge is -2.41. The number of anilines is 2. The number of benzene rings is 2. The van der Waals surface area contributed by atoms with Gasteiger partial charge in [0.05, 0.1) is 23.2 Å². The van der Waals surface area contributed by atoms with E-state index in [1.807, 2.05) is 18.2 Å². The standard InChI is InChI=1S/C27H34Cl3N3O2/c1-18(23-6-4-21(28)15-25(23)30)31-26-16-22(5-7-24(26)29)33-13-8-19(9-14-33)20-3-2-11-32(17-20)12-10-27(34)35/h4-7,15-16,18-20,31H,2-3,8-14,17H2,1H3,(H,34,35)/t18-,20?/m1/s1. The van der Waals surface area contributed by atoms with Crippen LogP contribution in [0.15, 0.2) is 36.4 Å². The molecule has 0 amide bonds. The summed E-state index contributed by atoms with van der Waals surface area (Å²) in [5, 5.41) is 14.5. The number of likely N-dealkylation sites (tertiary alicyclic amines) is 1. The van der Waals surface area contributed by atoms with Crippen molar-refractivity contribution in [2.24, 2.45) is 11.8 Å². The third-order valence-corrected chi connectivity index (χ3v) is 8.40. The zero-order valence-corrected chi connectivity index (χ0v) is 22.4. The molecule has 0 aromatic heterocycles. The molecule has 0 bridgehead atoms. The van der Waals surface area contributed by atoms with Crippen LogP contribution in [0.25, 0.3) is 0 Å². The highest BCUT2D eigenvalue weighted by atomic mass is 35.5. The van der Waals surface area contributed by atoms with Crippen molar-refractivity contribution in [2.45, 2.75) is 45.1 Å². The second-order valence-electron chi connectivity index (χ2n) is 9.87. The molecule has 0 aliphatic carbocycles. The van der Waals surface area contributed by atoms with Crippen LogP contribution in [0.3, 0.4) is 0 Å². The Morgan fingerprint density at radius 1 is 1.03 bits per heavy atom. The molecule has 2 atom stereocenters. The highest BCUT2D eigenvalue weighted by Crippen LogP contribution is 2.36. The van der Waals surface area contributed by atoms with Crippen LogP contribution in [-0.2, 0) is 4.79 Å². The maximum Gasteiger partial charge on any atom is 0.304 e. The van der Waals surface area contributed by atoms with Crippen LogP contribution in [0.5, 0.6) is 0 Å². The van der Waals surface area contributed by atoms with E-state index < -0.39 is 5.97 Å². The van der Waals surface area contributed by atoms with E-state index in [2.05, 4.69) is 34.2 Å². The monoisotopic (exact) mass is 537 g/mol. The molecule has 4 rings (SSSR count). The van der Waals surface area contributed by atoms with E-state index in [1.165, 1.54) is 31.4 Å². The zero-order valence-electron chi connectivity index (χ0n) is 20.2. The normalized spacial score (nSPS) is 20.6. The van der Waals surface area contributed by atoms with Crippen molar-refractivity contribution < 1.29 is 9.90 Å². The topological polar surface area (TPSA) is 55.8 Å². The molecule has 2 aliphatic heterocycles. The van der Waals surface area contributed by atoms with Gasteiger partial charge in [-0.3, -0.25) is 4.79 Å². The maximum absolute atomic E-state index is 10.9. The molecule has 2 aromatic carbocycles. The van der Waals surface area contributed by atoms with Crippen LogP contribution in [0.1, 0.15) is 50.6 Å². The van der Waals surface area contributed by atoms with E-state index in [9.17, 15) is 4.79 Å². The Balaban J connectivity index is 1.35. The molecule has 2 N–H and O–H groups in total. The molecule has 2 fully saturated rings.